The summed E-state index contributed by atoms with van der Waals surface area (Å²) in [5, 5.41) is 8.65. The molecule has 0 saturated carbocycles. The topological polar surface area (TPSA) is 55.8 Å². The van der Waals surface area contributed by atoms with Gasteiger partial charge < -0.3 is 14.6 Å². The van der Waals surface area contributed by atoms with Crippen molar-refractivity contribution in [3.63, 3.8) is 0 Å². The zero-order valence-corrected chi connectivity index (χ0v) is 12.8. The lowest BCUT2D eigenvalue weighted by Crippen LogP contribution is -2.06. The van der Waals surface area contributed by atoms with E-state index in [9.17, 15) is 4.79 Å². The Bertz CT molecular complexity index is 386. The zero-order valence-electron chi connectivity index (χ0n) is 12.8. The smallest absolute Gasteiger partial charge is 0.338 e. The Morgan fingerprint density at radius 3 is 2.38 bits per heavy atom. The molecule has 0 bridgehead atoms. The second kappa shape index (κ2) is 11.1. The molecule has 0 aliphatic heterocycles. The number of unbranched alkanes of at least 4 members (excludes halogenated alkanes) is 4. The minimum atomic E-state index is -0.294. The number of aliphatic hydroxyl groups is 1. The van der Waals surface area contributed by atoms with Crippen LogP contribution in [-0.2, 0) is 4.74 Å². The molecule has 0 amide bonds. The predicted octanol–water partition coefficient (Wildman–Crippen LogP) is 3.58. The van der Waals surface area contributed by atoms with Crippen molar-refractivity contribution >= 4 is 5.97 Å². The van der Waals surface area contributed by atoms with Gasteiger partial charge in [0.15, 0.2) is 0 Å². The van der Waals surface area contributed by atoms with E-state index in [2.05, 4.69) is 6.92 Å². The molecule has 118 valence electrons. The van der Waals surface area contributed by atoms with Crippen molar-refractivity contribution in [1.29, 1.82) is 0 Å². The standard InChI is InChI=1S/C17H26O4/c1-2-3-13-20-16-10-8-15(9-11-16)17(19)21-14-7-5-4-6-12-18/h8-11,18H,2-7,12-14H2,1H3. The highest BCUT2D eigenvalue weighted by Gasteiger charge is 2.06. The lowest BCUT2D eigenvalue weighted by molar-refractivity contribution is 0.0497. The quantitative estimate of drug-likeness (QED) is 0.500. The molecule has 0 heterocycles. The van der Waals surface area contributed by atoms with Crippen molar-refractivity contribution in [3.8, 4) is 5.75 Å². The first-order valence-electron chi connectivity index (χ1n) is 7.78. The Labute approximate surface area is 127 Å². The van der Waals surface area contributed by atoms with Gasteiger partial charge in [-0.15, -0.1) is 0 Å². The average molecular weight is 294 g/mol. The molecule has 4 nitrogen and oxygen atoms in total. The van der Waals surface area contributed by atoms with Gasteiger partial charge in [0.2, 0.25) is 0 Å². The number of rotatable bonds is 11. The fraction of sp³-hybridized carbons (Fsp3) is 0.588. The van der Waals surface area contributed by atoms with Crippen LogP contribution in [0, 0.1) is 0 Å². The van der Waals surface area contributed by atoms with Gasteiger partial charge in [0.1, 0.15) is 5.75 Å². The van der Waals surface area contributed by atoms with Crippen LogP contribution in [0.4, 0.5) is 0 Å². The minimum Gasteiger partial charge on any atom is -0.494 e. The van der Waals surface area contributed by atoms with E-state index in [0.29, 0.717) is 18.8 Å². The monoisotopic (exact) mass is 294 g/mol. The van der Waals surface area contributed by atoms with Crippen molar-refractivity contribution in [1.82, 2.24) is 0 Å². The number of hydrogen-bond donors (Lipinski definition) is 1. The van der Waals surface area contributed by atoms with E-state index in [4.69, 9.17) is 14.6 Å². The number of hydrogen-bond acceptors (Lipinski definition) is 4. The molecule has 0 aliphatic carbocycles. The number of esters is 1. The second-order valence-corrected chi connectivity index (χ2v) is 5.00. The first-order valence-corrected chi connectivity index (χ1v) is 7.78. The van der Waals surface area contributed by atoms with Crippen molar-refractivity contribution in [3.05, 3.63) is 29.8 Å². The molecule has 1 aromatic rings. The Morgan fingerprint density at radius 1 is 1.00 bits per heavy atom. The van der Waals surface area contributed by atoms with Crippen molar-refractivity contribution < 1.29 is 19.4 Å². The zero-order chi connectivity index (χ0) is 15.3. The number of benzene rings is 1. The first-order chi connectivity index (χ1) is 10.3. The van der Waals surface area contributed by atoms with Crippen LogP contribution >= 0.6 is 0 Å². The third kappa shape index (κ3) is 7.71. The largest absolute Gasteiger partial charge is 0.494 e. The summed E-state index contributed by atoms with van der Waals surface area (Å²) in [5.74, 6) is 0.487. The molecular weight excluding hydrogens is 268 g/mol. The molecular formula is C17H26O4. The van der Waals surface area contributed by atoms with Gasteiger partial charge in [-0.25, -0.2) is 4.79 Å². The first kappa shape index (κ1) is 17.5. The van der Waals surface area contributed by atoms with Gasteiger partial charge in [-0.2, -0.15) is 0 Å². The fourth-order valence-electron chi connectivity index (χ4n) is 1.84. The predicted molar refractivity (Wildman–Crippen MR) is 82.7 cm³/mol. The molecule has 1 aromatic carbocycles. The number of aliphatic hydroxyl groups excluding tert-OH is 1. The van der Waals surface area contributed by atoms with Crippen LogP contribution in [0.2, 0.25) is 0 Å². The van der Waals surface area contributed by atoms with E-state index in [1.54, 1.807) is 24.3 Å². The lowest BCUT2D eigenvalue weighted by atomic mass is 10.2. The van der Waals surface area contributed by atoms with E-state index in [0.717, 1.165) is 44.3 Å². The Kier molecular flexibility index (Phi) is 9.29. The SMILES string of the molecule is CCCCOc1ccc(C(=O)OCCCCCCO)cc1. The lowest BCUT2D eigenvalue weighted by Gasteiger charge is -2.07. The Morgan fingerprint density at radius 2 is 1.71 bits per heavy atom. The highest BCUT2D eigenvalue weighted by Crippen LogP contribution is 2.13. The van der Waals surface area contributed by atoms with Crippen LogP contribution < -0.4 is 4.74 Å². The average Bonchev–Trinajstić information content (AvgIpc) is 2.51. The van der Waals surface area contributed by atoms with Gasteiger partial charge in [-0.1, -0.05) is 19.8 Å². The van der Waals surface area contributed by atoms with Crippen LogP contribution in [0.1, 0.15) is 55.8 Å². The van der Waals surface area contributed by atoms with Crippen molar-refractivity contribution in [2.75, 3.05) is 19.8 Å². The van der Waals surface area contributed by atoms with Gasteiger partial charge in [0, 0.05) is 6.61 Å². The van der Waals surface area contributed by atoms with Crippen LogP contribution in [0.15, 0.2) is 24.3 Å². The van der Waals surface area contributed by atoms with Crippen LogP contribution in [0.3, 0.4) is 0 Å². The normalized spacial score (nSPS) is 10.4. The summed E-state index contributed by atoms with van der Waals surface area (Å²) >= 11 is 0. The fourth-order valence-corrected chi connectivity index (χ4v) is 1.84. The maximum Gasteiger partial charge on any atom is 0.338 e. The molecule has 0 aliphatic rings. The van der Waals surface area contributed by atoms with Gasteiger partial charge in [-0.05, 0) is 49.9 Å². The highest BCUT2D eigenvalue weighted by atomic mass is 16.5. The molecule has 1 N–H and O–H groups in total. The van der Waals surface area contributed by atoms with E-state index >= 15 is 0 Å². The number of carbonyl (C=O) groups is 1. The summed E-state index contributed by atoms with van der Waals surface area (Å²) < 4.78 is 10.7. The van der Waals surface area contributed by atoms with Crippen LogP contribution in [0.5, 0.6) is 5.75 Å². The molecule has 0 saturated heterocycles. The molecule has 0 fully saturated rings. The van der Waals surface area contributed by atoms with Gasteiger partial charge in [0.25, 0.3) is 0 Å². The summed E-state index contributed by atoms with van der Waals surface area (Å²) in [7, 11) is 0. The Balaban J connectivity index is 2.24. The minimum absolute atomic E-state index is 0.229. The summed E-state index contributed by atoms with van der Waals surface area (Å²) in [5.41, 5.74) is 0.549. The molecule has 0 atom stereocenters. The van der Waals surface area contributed by atoms with E-state index in [1.807, 2.05) is 0 Å². The summed E-state index contributed by atoms with van der Waals surface area (Å²) in [6.07, 6.45) is 5.72. The van der Waals surface area contributed by atoms with Crippen molar-refractivity contribution in [2.45, 2.75) is 45.4 Å². The summed E-state index contributed by atoms with van der Waals surface area (Å²) in [6.45, 7) is 3.48. The van der Waals surface area contributed by atoms with Gasteiger partial charge in [0.05, 0.1) is 18.8 Å². The highest BCUT2D eigenvalue weighted by molar-refractivity contribution is 5.89. The van der Waals surface area contributed by atoms with Crippen LogP contribution in [0.25, 0.3) is 0 Å². The Hall–Kier alpha value is -1.55. The molecule has 0 aromatic heterocycles. The number of ether oxygens (including phenoxy) is 2. The van der Waals surface area contributed by atoms with Crippen molar-refractivity contribution in [2.24, 2.45) is 0 Å². The van der Waals surface area contributed by atoms with Crippen LogP contribution in [-0.4, -0.2) is 30.9 Å². The molecule has 21 heavy (non-hydrogen) atoms. The second-order valence-electron chi connectivity index (χ2n) is 5.00. The summed E-state index contributed by atoms with van der Waals surface area (Å²) in [4.78, 5) is 11.8. The van der Waals surface area contributed by atoms with Gasteiger partial charge in [-0.3, -0.25) is 0 Å². The third-order valence-corrected chi connectivity index (χ3v) is 3.14. The summed E-state index contributed by atoms with van der Waals surface area (Å²) in [6, 6.07) is 7.06. The molecule has 1 rings (SSSR count). The maximum absolute atomic E-state index is 11.8. The maximum atomic E-state index is 11.8. The number of carbonyl (C=O) groups excluding carboxylic acids is 1. The third-order valence-electron chi connectivity index (χ3n) is 3.14. The molecule has 4 heteroatoms. The van der Waals surface area contributed by atoms with E-state index < -0.39 is 0 Å². The van der Waals surface area contributed by atoms with Gasteiger partial charge >= 0.3 is 5.97 Å². The van der Waals surface area contributed by atoms with E-state index in [-0.39, 0.29) is 12.6 Å². The van der Waals surface area contributed by atoms with E-state index in [1.165, 1.54) is 0 Å². The molecule has 0 unspecified atom stereocenters. The molecule has 0 spiro atoms. The molecule has 0 radical (unpaired) electrons.